The highest BCUT2D eigenvalue weighted by Crippen LogP contribution is 2.36. The van der Waals surface area contributed by atoms with Crippen molar-refractivity contribution >= 4 is 0 Å². The SMILES string of the molecule is CN1CCC(n2ncc(C(C)(C)C)c2C(C)(C)C)CC1. The maximum atomic E-state index is 4.80. The monoisotopic (exact) mass is 277 g/mol. The molecule has 1 fully saturated rings. The quantitative estimate of drug-likeness (QED) is 0.779. The highest BCUT2D eigenvalue weighted by atomic mass is 15.3. The van der Waals surface area contributed by atoms with Gasteiger partial charge in [-0.25, -0.2) is 0 Å². The molecule has 0 amide bonds. The van der Waals surface area contributed by atoms with Gasteiger partial charge in [0.15, 0.2) is 0 Å². The van der Waals surface area contributed by atoms with Gasteiger partial charge in [-0.15, -0.1) is 0 Å². The molecule has 1 saturated heterocycles. The Morgan fingerprint density at radius 1 is 1.00 bits per heavy atom. The van der Waals surface area contributed by atoms with Crippen LogP contribution in [-0.2, 0) is 10.8 Å². The average Bonchev–Trinajstić information content (AvgIpc) is 2.73. The van der Waals surface area contributed by atoms with Gasteiger partial charge < -0.3 is 4.90 Å². The van der Waals surface area contributed by atoms with Gasteiger partial charge in [0.05, 0.1) is 12.2 Å². The summed E-state index contributed by atoms with van der Waals surface area (Å²) in [5.74, 6) is 0. The summed E-state index contributed by atoms with van der Waals surface area (Å²) in [6, 6.07) is 0.566. The lowest BCUT2D eigenvalue weighted by molar-refractivity contribution is 0.206. The predicted octanol–water partition coefficient (Wildman–Crippen LogP) is 3.74. The average molecular weight is 277 g/mol. The Labute approximate surface area is 124 Å². The molecule has 2 rings (SSSR count). The summed E-state index contributed by atoms with van der Waals surface area (Å²) in [4.78, 5) is 2.42. The van der Waals surface area contributed by atoms with E-state index in [1.54, 1.807) is 0 Å². The van der Waals surface area contributed by atoms with Crippen molar-refractivity contribution in [2.45, 2.75) is 71.3 Å². The van der Waals surface area contributed by atoms with E-state index in [9.17, 15) is 0 Å². The Morgan fingerprint density at radius 3 is 2.00 bits per heavy atom. The molecule has 0 radical (unpaired) electrons. The topological polar surface area (TPSA) is 21.1 Å². The number of aromatic nitrogens is 2. The van der Waals surface area contributed by atoms with Crippen LogP contribution in [-0.4, -0.2) is 34.8 Å². The van der Waals surface area contributed by atoms with E-state index < -0.39 is 0 Å². The first kappa shape index (κ1) is 15.6. The third kappa shape index (κ3) is 3.08. The van der Waals surface area contributed by atoms with Crippen molar-refractivity contribution in [1.82, 2.24) is 14.7 Å². The van der Waals surface area contributed by atoms with Gasteiger partial charge in [0.25, 0.3) is 0 Å². The zero-order valence-corrected chi connectivity index (χ0v) is 14.3. The fraction of sp³-hybridized carbons (Fsp3) is 0.824. The van der Waals surface area contributed by atoms with E-state index in [0.29, 0.717) is 6.04 Å². The van der Waals surface area contributed by atoms with E-state index in [0.717, 1.165) is 0 Å². The minimum absolute atomic E-state index is 0.141. The van der Waals surface area contributed by atoms with E-state index in [-0.39, 0.29) is 10.8 Å². The summed E-state index contributed by atoms with van der Waals surface area (Å²) in [7, 11) is 2.21. The summed E-state index contributed by atoms with van der Waals surface area (Å²) < 4.78 is 2.34. The maximum absolute atomic E-state index is 4.80. The molecule has 0 atom stereocenters. The molecule has 1 aliphatic rings. The second-order valence-electron chi connectivity index (χ2n) is 8.39. The minimum Gasteiger partial charge on any atom is -0.306 e. The van der Waals surface area contributed by atoms with Crippen LogP contribution in [0.2, 0.25) is 0 Å². The molecular formula is C17H31N3. The van der Waals surface area contributed by atoms with E-state index in [4.69, 9.17) is 5.10 Å². The first-order chi connectivity index (χ1) is 9.10. The summed E-state index contributed by atoms with van der Waals surface area (Å²) in [5, 5.41) is 4.80. The molecule has 0 unspecified atom stereocenters. The van der Waals surface area contributed by atoms with E-state index in [2.05, 4.69) is 64.4 Å². The Hall–Kier alpha value is -0.830. The third-order valence-electron chi connectivity index (χ3n) is 4.35. The molecule has 1 aromatic rings. The fourth-order valence-corrected chi connectivity index (χ4v) is 3.18. The van der Waals surface area contributed by atoms with Crippen LogP contribution >= 0.6 is 0 Å². The lowest BCUT2D eigenvalue weighted by Crippen LogP contribution is -2.34. The van der Waals surface area contributed by atoms with Gasteiger partial charge in [0, 0.05) is 11.1 Å². The molecule has 0 aromatic carbocycles. The van der Waals surface area contributed by atoms with Crippen molar-refractivity contribution in [3.63, 3.8) is 0 Å². The Balaban J connectivity index is 2.41. The first-order valence-electron chi connectivity index (χ1n) is 7.87. The number of nitrogens with zero attached hydrogens (tertiary/aromatic N) is 3. The van der Waals surface area contributed by atoms with Crippen molar-refractivity contribution in [1.29, 1.82) is 0 Å². The van der Waals surface area contributed by atoms with E-state index in [1.165, 1.54) is 37.2 Å². The Kier molecular flexibility index (Phi) is 4.03. The molecule has 0 spiro atoms. The fourth-order valence-electron chi connectivity index (χ4n) is 3.18. The number of hydrogen-bond donors (Lipinski definition) is 0. The van der Waals surface area contributed by atoms with Crippen molar-refractivity contribution in [3.8, 4) is 0 Å². The molecule has 0 aliphatic carbocycles. The van der Waals surface area contributed by atoms with Gasteiger partial charge in [-0.05, 0) is 44.0 Å². The van der Waals surface area contributed by atoms with Crippen LogP contribution in [0.25, 0.3) is 0 Å². The lowest BCUT2D eigenvalue weighted by atomic mass is 9.79. The first-order valence-corrected chi connectivity index (χ1v) is 7.87. The van der Waals surface area contributed by atoms with Crippen molar-refractivity contribution in [2.75, 3.05) is 20.1 Å². The van der Waals surface area contributed by atoms with Crippen molar-refractivity contribution in [2.24, 2.45) is 0 Å². The summed E-state index contributed by atoms with van der Waals surface area (Å²) in [5.41, 5.74) is 3.14. The summed E-state index contributed by atoms with van der Waals surface area (Å²) in [6.45, 7) is 16.2. The normalized spacial score (nSPS) is 19.6. The van der Waals surface area contributed by atoms with Crippen LogP contribution < -0.4 is 0 Å². The van der Waals surface area contributed by atoms with E-state index >= 15 is 0 Å². The zero-order chi connectivity index (χ0) is 15.1. The van der Waals surface area contributed by atoms with Crippen molar-refractivity contribution < 1.29 is 0 Å². The highest BCUT2D eigenvalue weighted by molar-refractivity contribution is 5.31. The number of likely N-dealkylation sites (tertiary alicyclic amines) is 1. The summed E-state index contributed by atoms with van der Waals surface area (Å²) in [6.07, 6.45) is 4.54. The van der Waals surface area contributed by atoms with E-state index in [1.807, 2.05) is 0 Å². The smallest absolute Gasteiger partial charge is 0.0547 e. The molecule has 114 valence electrons. The van der Waals surface area contributed by atoms with Crippen LogP contribution in [0.4, 0.5) is 0 Å². The van der Waals surface area contributed by atoms with Gasteiger partial charge in [-0.1, -0.05) is 41.5 Å². The molecule has 2 heterocycles. The van der Waals surface area contributed by atoms with Gasteiger partial charge in [-0.3, -0.25) is 4.68 Å². The minimum atomic E-state index is 0.141. The molecular weight excluding hydrogens is 246 g/mol. The van der Waals surface area contributed by atoms with Crippen molar-refractivity contribution in [3.05, 3.63) is 17.5 Å². The van der Waals surface area contributed by atoms with Gasteiger partial charge in [0.1, 0.15) is 0 Å². The molecule has 1 aromatic heterocycles. The second kappa shape index (κ2) is 5.18. The van der Waals surface area contributed by atoms with Crippen LogP contribution in [0, 0.1) is 0 Å². The highest BCUT2D eigenvalue weighted by Gasteiger charge is 2.32. The molecule has 3 heteroatoms. The lowest BCUT2D eigenvalue weighted by Gasteiger charge is -2.34. The van der Waals surface area contributed by atoms with Gasteiger partial charge >= 0.3 is 0 Å². The number of hydrogen-bond acceptors (Lipinski definition) is 2. The van der Waals surface area contributed by atoms with Gasteiger partial charge in [0.2, 0.25) is 0 Å². The zero-order valence-electron chi connectivity index (χ0n) is 14.3. The third-order valence-corrected chi connectivity index (χ3v) is 4.35. The summed E-state index contributed by atoms with van der Waals surface area (Å²) >= 11 is 0. The largest absolute Gasteiger partial charge is 0.306 e. The number of piperidine rings is 1. The molecule has 0 N–H and O–H groups in total. The molecule has 0 bridgehead atoms. The molecule has 20 heavy (non-hydrogen) atoms. The molecule has 1 aliphatic heterocycles. The van der Waals surface area contributed by atoms with Gasteiger partial charge in [-0.2, -0.15) is 5.10 Å². The number of rotatable bonds is 1. The molecule has 0 saturated carbocycles. The predicted molar refractivity (Wildman–Crippen MR) is 85.4 cm³/mol. The standard InChI is InChI=1S/C17H31N3/c1-16(2,3)14-12-18-20(15(14)17(4,5)6)13-8-10-19(7)11-9-13/h12-13H,8-11H2,1-7H3. The Morgan fingerprint density at radius 2 is 1.55 bits per heavy atom. The van der Waals surface area contributed by atoms with Crippen LogP contribution in [0.3, 0.4) is 0 Å². The van der Waals surface area contributed by atoms with Crippen LogP contribution in [0.1, 0.15) is 71.7 Å². The second-order valence-corrected chi connectivity index (χ2v) is 8.39. The van der Waals surface area contributed by atoms with Crippen LogP contribution in [0.5, 0.6) is 0 Å². The van der Waals surface area contributed by atoms with Crippen LogP contribution in [0.15, 0.2) is 6.20 Å². The maximum Gasteiger partial charge on any atom is 0.0547 e. The Bertz CT molecular complexity index is 452. The molecule has 3 nitrogen and oxygen atoms in total.